The van der Waals surface area contributed by atoms with E-state index in [4.69, 9.17) is 5.73 Å². The van der Waals surface area contributed by atoms with Crippen LogP contribution in [0.5, 0.6) is 0 Å². The number of nitrogens with two attached hydrogens (primary N) is 1. The molecule has 0 bridgehead atoms. The molecule has 5 nitrogen and oxygen atoms in total. The number of carboxylic acids is 1. The Morgan fingerprint density at radius 1 is 1.04 bits per heavy atom. The topological polar surface area (TPSA) is 83.6 Å². The van der Waals surface area contributed by atoms with Gasteiger partial charge >= 0.3 is 5.97 Å². The summed E-state index contributed by atoms with van der Waals surface area (Å²) >= 11 is 0. The molecular weight excluding hydrogens is 292 g/mol. The molecule has 1 amide bonds. The Morgan fingerprint density at radius 2 is 1.65 bits per heavy atom. The number of nitrogens with zero attached hydrogens (tertiary/aromatic N) is 1. The molecular formula is C18H18N2O3. The number of amides is 1. The summed E-state index contributed by atoms with van der Waals surface area (Å²) in [5.74, 6) is -1.05. The third kappa shape index (κ3) is 2.59. The lowest BCUT2D eigenvalue weighted by atomic mass is 9.73. The third-order valence-corrected chi connectivity index (χ3v) is 4.38. The largest absolute Gasteiger partial charge is 0.480 e. The summed E-state index contributed by atoms with van der Waals surface area (Å²) in [6.07, 6.45) is 0. The number of aliphatic carboxylic acids is 1. The minimum atomic E-state index is -1.01. The maximum Gasteiger partial charge on any atom is 0.317 e. The monoisotopic (exact) mass is 310 g/mol. The van der Waals surface area contributed by atoms with Gasteiger partial charge in [0.25, 0.3) is 5.91 Å². The highest BCUT2D eigenvalue weighted by atomic mass is 16.4. The molecule has 3 N–H and O–H groups in total. The number of carboxylic acid groups (broad SMARTS) is 1. The van der Waals surface area contributed by atoms with Crippen LogP contribution in [0.3, 0.4) is 0 Å². The standard InChI is InChI=1S/C18H18N2O3/c19-10-13-6-8-14(9-7-13)16(21)20-11-18(12-20,17(22)23)15-4-2-1-3-5-15/h1-9H,10-12,19H2,(H,22,23). The zero-order chi connectivity index (χ0) is 16.4. The number of carbonyl (C=O) groups excluding carboxylic acids is 1. The molecule has 0 atom stereocenters. The first kappa shape index (κ1) is 15.2. The van der Waals surface area contributed by atoms with Gasteiger partial charge in [0.1, 0.15) is 5.41 Å². The SMILES string of the molecule is NCc1ccc(C(=O)N2CC(C(=O)O)(c3ccccc3)C2)cc1. The number of likely N-dealkylation sites (tertiary alicyclic amines) is 1. The second-order valence-corrected chi connectivity index (χ2v) is 5.82. The van der Waals surface area contributed by atoms with Gasteiger partial charge in [-0.05, 0) is 23.3 Å². The summed E-state index contributed by atoms with van der Waals surface area (Å²) in [5.41, 5.74) is 6.77. The van der Waals surface area contributed by atoms with Gasteiger partial charge in [-0.3, -0.25) is 9.59 Å². The minimum Gasteiger partial charge on any atom is -0.480 e. The first-order valence-electron chi connectivity index (χ1n) is 7.44. The van der Waals surface area contributed by atoms with Crippen molar-refractivity contribution in [1.29, 1.82) is 0 Å². The molecule has 118 valence electrons. The van der Waals surface area contributed by atoms with Crippen LogP contribution in [0.15, 0.2) is 54.6 Å². The molecule has 0 radical (unpaired) electrons. The van der Waals surface area contributed by atoms with Crippen LogP contribution in [0, 0.1) is 0 Å². The second kappa shape index (κ2) is 5.85. The molecule has 0 spiro atoms. The van der Waals surface area contributed by atoms with Crippen molar-refractivity contribution in [1.82, 2.24) is 4.90 Å². The van der Waals surface area contributed by atoms with Gasteiger partial charge in [0.2, 0.25) is 0 Å². The van der Waals surface area contributed by atoms with Crippen LogP contribution < -0.4 is 5.73 Å². The molecule has 2 aromatic carbocycles. The molecule has 2 aromatic rings. The van der Waals surface area contributed by atoms with E-state index in [-0.39, 0.29) is 19.0 Å². The normalized spacial score (nSPS) is 15.8. The number of carbonyl (C=O) groups is 2. The van der Waals surface area contributed by atoms with Gasteiger partial charge in [0.05, 0.1) is 0 Å². The maximum atomic E-state index is 12.5. The Kier molecular flexibility index (Phi) is 3.88. The summed E-state index contributed by atoms with van der Waals surface area (Å²) in [5, 5.41) is 9.62. The summed E-state index contributed by atoms with van der Waals surface area (Å²) < 4.78 is 0. The van der Waals surface area contributed by atoms with Crippen molar-refractivity contribution in [2.45, 2.75) is 12.0 Å². The average molecular weight is 310 g/mol. The van der Waals surface area contributed by atoms with Gasteiger partial charge in [-0.1, -0.05) is 42.5 Å². The highest BCUT2D eigenvalue weighted by Gasteiger charge is 2.52. The van der Waals surface area contributed by atoms with Crippen LogP contribution in [-0.2, 0) is 16.8 Å². The van der Waals surface area contributed by atoms with Crippen LogP contribution in [-0.4, -0.2) is 35.0 Å². The zero-order valence-electron chi connectivity index (χ0n) is 12.6. The van der Waals surface area contributed by atoms with Crippen molar-refractivity contribution < 1.29 is 14.7 Å². The molecule has 0 saturated carbocycles. The Morgan fingerprint density at radius 3 is 2.17 bits per heavy atom. The molecule has 5 heteroatoms. The van der Waals surface area contributed by atoms with Crippen molar-refractivity contribution >= 4 is 11.9 Å². The van der Waals surface area contributed by atoms with Crippen LogP contribution in [0.25, 0.3) is 0 Å². The molecule has 0 aromatic heterocycles. The van der Waals surface area contributed by atoms with Gasteiger partial charge in [-0.2, -0.15) is 0 Å². The Hall–Kier alpha value is -2.66. The van der Waals surface area contributed by atoms with E-state index in [1.54, 1.807) is 29.2 Å². The van der Waals surface area contributed by atoms with Crippen molar-refractivity contribution in [3.63, 3.8) is 0 Å². The molecule has 1 aliphatic rings. The number of benzene rings is 2. The van der Waals surface area contributed by atoms with Crippen molar-refractivity contribution in [2.24, 2.45) is 5.73 Å². The fraction of sp³-hybridized carbons (Fsp3) is 0.222. The quantitative estimate of drug-likeness (QED) is 0.899. The number of rotatable bonds is 4. The van der Waals surface area contributed by atoms with Crippen LogP contribution >= 0.6 is 0 Å². The molecule has 1 fully saturated rings. The summed E-state index contributed by atoms with van der Waals surface area (Å²) in [6.45, 7) is 0.794. The lowest BCUT2D eigenvalue weighted by molar-refractivity contribution is -0.149. The Labute approximate surface area is 134 Å². The fourth-order valence-corrected chi connectivity index (χ4v) is 2.91. The second-order valence-electron chi connectivity index (χ2n) is 5.82. The van der Waals surface area contributed by atoms with Gasteiger partial charge < -0.3 is 15.7 Å². The highest BCUT2D eigenvalue weighted by Crippen LogP contribution is 2.35. The number of hydrogen-bond donors (Lipinski definition) is 2. The Balaban J connectivity index is 1.78. The minimum absolute atomic E-state index is 0.152. The van der Waals surface area contributed by atoms with E-state index in [0.717, 1.165) is 11.1 Å². The van der Waals surface area contributed by atoms with Crippen LogP contribution in [0.1, 0.15) is 21.5 Å². The first-order chi connectivity index (χ1) is 11.1. The molecule has 0 unspecified atom stereocenters. The predicted octanol–water partition coefficient (Wildman–Crippen LogP) is 1.62. The molecule has 0 aliphatic carbocycles. The van der Waals surface area contributed by atoms with E-state index in [0.29, 0.717) is 12.1 Å². The molecule has 1 heterocycles. The van der Waals surface area contributed by atoms with Gasteiger partial charge in [0, 0.05) is 25.2 Å². The fourth-order valence-electron chi connectivity index (χ4n) is 2.91. The Bertz CT molecular complexity index is 720. The van der Waals surface area contributed by atoms with Crippen LogP contribution in [0.4, 0.5) is 0 Å². The zero-order valence-corrected chi connectivity index (χ0v) is 12.6. The summed E-state index contributed by atoms with van der Waals surface area (Å²) in [4.78, 5) is 25.8. The van der Waals surface area contributed by atoms with E-state index in [2.05, 4.69) is 0 Å². The molecule has 1 saturated heterocycles. The van der Waals surface area contributed by atoms with E-state index in [9.17, 15) is 14.7 Å². The van der Waals surface area contributed by atoms with Crippen molar-refractivity contribution in [3.8, 4) is 0 Å². The molecule has 1 aliphatic heterocycles. The lowest BCUT2D eigenvalue weighted by Gasteiger charge is -2.47. The smallest absolute Gasteiger partial charge is 0.317 e. The van der Waals surface area contributed by atoms with Crippen molar-refractivity contribution in [3.05, 3.63) is 71.3 Å². The van der Waals surface area contributed by atoms with Gasteiger partial charge in [-0.25, -0.2) is 0 Å². The molecule has 23 heavy (non-hydrogen) atoms. The van der Waals surface area contributed by atoms with E-state index in [1.807, 2.05) is 30.3 Å². The van der Waals surface area contributed by atoms with E-state index < -0.39 is 11.4 Å². The predicted molar refractivity (Wildman–Crippen MR) is 86.0 cm³/mol. The molecule has 3 rings (SSSR count). The highest BCUT2D eigenvalue weighted by molar-refractivity contribution is 5.97. The third-order valence-electron chi connectivity index (χ3n) is 4.38. The van der Waals surface area contributed by atoms with E-state index >= 15 is 0 Å². The van der Waals surface area contributed by atoms with Gasteiger partial charge in [0.15, 0.2) is 0 Å². The maximum absolute atomic E-state index is 12.5. The van der Waals surface area contributed by atoms with E-state index in [1.165, 1.54) is 0 Å². The lowest BCUT2D eigenvalue weighted by Crippen LogP contribution is -2.65. The number of hydrogen-bond acceptors (Lipinski definition) is 3. The average Bonchev–Trinajstić information content (AvgIpc) is 2.54. The van der Waals surface area contributed by atoms with Gasteiger partial charge in [-0.15, -0.1) is 0 Å². The summed E-state index contributed by atoms with van der Waals surface area (Å²) in [6, 6.07) is 16.2. The summed E-state index contributed by atoms with van der Waals surface area (Å²) in [7, 11) is 0. The van der Waals surface area contributed by atoms with Crippen LogP contribution in [0.2, 0.25) is 0 Å². The first-order valence-corrected chi connectivity index (χ1v) is 7.44. The van der Waals surface area contributed by atoms with Crippen molar-refractivity contribution in [2.75, 3.05) is 13.1 Å².